The fourth-order valence-corrected chi connectivity index (χ4v) is 3.53. The quantitative estimate of drug-likeness (QED) is 0.343. The summed E-state index contributed by atoms with van der Waals surface area (Å²) in [6, 6.07) is 12.2. The number of pyridine rings is 1. The minimum atomic E-state index is -0.316. The first-order valence-corrected chi connectivity index (χ1v) is 11.1. The summed E-state index contributed by atoms with van der Waals surface area (Å²) in [6.45, 7) is 4.98. The molecule has 0 unspecified atom stereocenters. The van der Waals surface area contributed by atoms with E-state index in [9.17, 15) is 4.79 Å². The highest BCUT2D eigenvalue weighted by Gasteiger charge is 2.15. The molecule has 4 rings (SSSR count). The number of rotatable bonds is 10. The molecule has 0 radical (unpaired) electrons. The topological polar surface area (TPSA) is 124 Å². The molecule has 10 heteroatoms. The molecule has 0 bridgehead atoms. The predicted octanol–water partition coefficient (Wildman–Crippen LogP) is 2.29. The van der Waals surface area contributed by atoms with Crippen LogP contribution in [0.3, 0.4) is 0 Å². The van der Waals surface area contributed by atoms with Crippen molar-refractivity contribution in [3.05, 3.63) is 64.2 Å². The largest absolute Gasteiger partial charge is 0.461 e. The third kappa shape index (κ3) is 5.24. The second kappa shape index (κ2) is 10.4. The number of nitrogens with two attached hydrogens (primary N) is 1. The van der Waals surface area contributed by atoms with Gasteiger partial charge in [-0.1, -0.05) is 37.3 Å². The summed E-state index contributed by atoms with van der Waals surface area (Å²) in [5.41, 5.74) is 10.5. The van der Waals surface area contributed by atoms with Crippen LogP contribution in [0.25, 0.3) is 22.4 Å². The molecular formula is C24H29N7O3. The van der Waals surface area contributed by atoms with Crippen molar-refractivity contribution in [3.63, 3.8) is 0 Å². The first kappa shape index (κ1) is 23.4. The van der Waals surface area contributed by atoms with E-state index in [1.165, 1.54) is 10.1 Å². The maximum Gasteiger partial charge on any atom is 0.328 e. The van der Waals surface area contributed by atoms with Crippen LogP contribution in [-0.2, 0) is 17.8 Å². The summed E-state index contributed by atoms with van der Waals surface area (Å²) in [5, 5.41) is 0. The normalized spacial score (nSPS) is 11.4. The molecule has 0 aliphatic carbocycles. The molecule has 0 amide bonds. The van der Waals surface area contributed by atoms with E-state index in [0.717, 1.165) is 29.9 Å². The first-order chi connectivity index (χ1) is 16.5. The van der Waals surface area contributed by atoms with Crippen molar-refractivity contribution in [2.45, 2.75) is 20.0 Å². The minimum absolute atomic E-state index is 0.102. The molecular weight excluding hydrogens is 434 g/mol. The van der Waals surface area contributed by atoms with Crippen LogP contribution >= 0.6 is 0 Å². The van der Waals surface area contributed by atoms with Gasteiger partial charge in [-0.05, 0) is 30.8 Å². The number of hydrogen-bond acceptors (Lipinski definition) is 8. The molecule has 178 valence electrons. The summed E-state index contributed by atoms with van der Waals surface area (Å²) in [4.78, 5) is 30.6. The van der Waals surface area contributed by atoms with Gasteiger partial charge in [-0.2, -0.15) is 9.97 Å². The summed E-state index contributed by atoms with van der Waals surface area (Å²) in [7, 11) is 3.66. The predicted molar refractivity (Wildman–Crippen MR) is 131 cm³/mol. The number of aromatic amines is 1. The van der Waals surface area contributed by atoms with Gasteiger partial charge in [-0.15, -0.1) is 0 Å². The van der Waals surface area contributed by atoms with Crippen molar-refractivity contribution in [3.8, 4) is 17.3 Å². The molecule has 1 aromatic carbocycles. The van der Waals surface area contributed by atoms with Gasteiger partial charge in [-0.3, -0.25) is 9.55 Å². The Morgan fingerprint density at radius 2 is 1.85 bits per heavy atom. The summed E-state index contributed by atoms with van der Waals surface area (Å²) >= 11 is 0. The molecule has 3 heterocycles. The number of fused-ring (bicyclic) bond motifs is 1. The average Bonchev–Trinajstić information content (AvgIpc) is 3.16. The molecule has 4 aromatic rings. The van der Waals surface area contributed by atoms with Crippen molar-refractivity contribution in [1.82, 2.24) is 29.4 Å². The van der Waals surface area contributed by atoms with Crippen LogP contribution in [0.2, 0.25) is 0 Å². The molecule has 0 atom stereocenters. The standard InChI is InChI=1S/C24H29N7O3/c1-4-30(2)14-17-7-10-19(26-13-17)18-8-5-16(6-9-18)15-31-22-20(27-24(31)32)21(25)28-23(29-22)34-12-11-33-3/h5-10,13H,4,11-12,14-15H2,1-3H3,(H,27,32)(H2,25,28,29). The highest BCUT2D eigenvalue weighted by molar-refractivity contribution is 5.82. The van der Waals surface area contributed by atoms with Gasteiger partial charge in [-0.25, -0.2) is 4.79 Å². The van der Waals surface area contributed by atoms with Crippen LogP contribution in [0.1, 0.15) is 18.1 Å². The number of H-pyrrole nitrogens is 1. The lowest BCUT2D eigenvalue weighted by Crippen LogP contribution is -2.18. The van der Waals surface area contributed by atoms with E-state index in [1.54, 1.807) is 7.11 Å². The molecule has 0 aliphatic heterocycles. The number of ether oxygens (including phenoxy) is 2. The van der Waals surface area contributed by atoms with Crippen molar-refractivity contribution < 1.29 is 9.47 Å². The first-order valence-electron chi connectivity index (χ1n) is 11.1. The smallest absolute Gasteiger partial charge is 0.328 e. The van der Waals surface area contributed by atoms with Gasteiger partial charge < -0.3 is 25.1 Å². The molecule has 3 aromatic heterocycles. The number of aromatic nitrogens is 5. The van der Waals surface area contributed by atoms with Crippen molar-refractivity contribution in [2.75, 3.05) is 39.6 Å². The molecule has 0 saturated carbocycles. The Labute approximate surface area is 197 Å². The fourth-order valence-electron chi connectivity index (χ4n) is 3.53. The molecule has 0 aliphatic rings. The number of nitrogens with one attached hydrogen (secondary N) is 1. The number of anilines is 1. The molecule has 3 N–H and O–H groups in total. The number of nitrogen functional groups attached to an aromatic ring is 1. The third-order valence-corrected chi connectivity index (χ3v) is 5.56. The van der Waals surface area contributed by atoms with E-state index >= 15 is 0 Å². The lowest BCUT2D eigenvalue weighted by molar-refractivity contribution is 0.141. The Balaban J connectivity index is 1.53. The average molecular weight is 464 g/mol. The molecule has 10 nitrogen and oxygen atoms in total. The van der Waals surface area contributed by atoms with Crippen LogP contribution in [0.15, 0.2) is 47.4 Å². The summed E-state index contributed by atoms with van der Waals surface area (Å²) in [5.74, 6) is 0.156. The lowest BCUT2D eigenvalue weighted by Gasteiger charge is -2.13. The van der Waals surface area contributed by atoms with E-state index in [4.69, 9.17) is 15.2 Å². The molecule has 34 heavy (non-hydrogen) atoms. The van der Waals surface area contributed by atoms with Crippen LogP contribution in [0.4, 0.5) is 5.82 Å². The van der Waals surface area contributed by atoms with Crippen LogP contribution in [0, 0.1) is 0 Å². The summed E-state index contributed by atoms with van der Waals surface area (Å²) < 4.78 is 12.0. The Bertz CT molecular complexity index is 1300. The number of imidazole rings is 1. The number of methoxy groups -OCH3 is 1. The number of benzene rings is 1. The van der Waals surface area contributed by atoms with Gasteiger partial charge in [0, 0.05) is 25.4 Å². The molecule has 0 fully saturated rings. The highest BCUT2D eigenvalue weighted by atomic mass is 16.5. The van der Waals surface area contributed by atoms with Crippen LogP contribution < -0.4 is 16.2 Å². The van der Waals surface area contributed by atoms with E-state index < -0.39 is 0 Å². The van der Waals surface area contributed by atoms with Crippen LogP contribution in [-0.4, -0.2) is 63.3 Å². The van der Waals surface area contributed by atoms with Crippen molar-refractivity contribution in [2.24, 2.45) is 0 Å². The zero-order valence-corrected chi connectivity index (χ0v) is 19.6. The Morgan fingerprint density at radius 1 is 1.09 bits per heavy atom. The van der Waals surface area contributed by atoms with Gasteiger partial charge in [0.05, 0.1) is 18.8 Å². The number of nitrogens with zero attached hydrogens (tertiary/aromatic N) is 5. The second-order valence-electron chi connectivity index (χ2n) is 8.03. The van der Waals surface area contributed by atoms with Gasteiger partial charge >= 0.3 is 11.7 Å². The summed E-state index contributed by atoms with van der Waals surface area (Å²) in [6.07, 6.45) is 1.91. The molecule has 0 saturated heterocycles. The second-order valence-corrected chi connectivity index (χ2v) is 8.03. The molecule has 0 spiro atoms. The lowest BCUT2D eigenvalue weighted by atomic mass is 10.1. The number of hydrogen-bond donors (Lipinski definition) is 2. The van der Waals surface area contributed by atoms with Gasteiger partial charge in [0.25, 0.3) is 0 Å². The Morgan fingerprint density at radius 3 is 2.53 bits per heavy atom. The zero-order valence-electron chi connectivity index (χ0n) is 19.6. The van der Waals surface area contributed by atoms with E-state index in [1.807, 2.05) is 36.5 Å². The zero-order chi connectivity index (χ0) is 24.1. The van der Waals surface area contributed by atoms with E-state index in [2.05, 4.69) is 44.9 Å². The Kier molecular flexibility index (Phi) is 7.19. The van der Waals surface area contributed by atoms with Crippen LogP contribution in [0.5, 0.6) is 6.01 Å². The Hall–Kier alpha value is -3.76. The monoisotopic (exact) mass is 463 g/mol. The maximum atomic E-state index is 12.6. The fraction of sp³-hybridized carbons (Fsp3) is 0.333. The van der Waals surface area contributed by atoms with Gasteiger partial charge in [0.1, 0.15) is 12.1 Å². The maximum absolute atomic E-state index is 12.6. The van der Waals surface area contributed by atoms with E-state index in [-0.39, 0.29) is 24.1 Å². The van der Waals surface area contributed by atoms with Gasteiger partial charge in [0.15, 0.2) is 11.5 Å². The van der Waals surface area contributed by atoms with Gasteiger partial charge in [0.2, 0.25) is 0 Å². The third-order valence-electron chi connectivity index (χ3n) is 5.56. The highest BCUT2D eigenvalue weighted by Crippen LogP contribution is 2.21. The van der Waals surface area contributed by atoms with Crippen molar-refractivity contribution in [1.29, 1.82) is 0 Å². The van der Waals surface area contributed by atoms with E-state index in [0.29, 0.717) is 24.3 Å². The van der Waals surface area contributed by atoms with Crippen molar-refractivity contribution >= 4 is 17.0 Å². The minimum Gasteiger partial charge on any atom is -0.461 e. The SMILES string of the molecule is CCN(C)Cc1ccc(-c2ccc(Cn3c(=O)[nH]c4c(N)nc(OCCOC)nc43)cc2)nc1.